The molecular formula is C22H16ClN3O5S. The molecule has 3 aromatic carbocycles. The highest BCUT2D eigenvalue weighted by atomic mass is 35.5. The molecule has 0 fully saturated rings. The summed E-state index contributed by atoms with van der Waals surface area (Å²) in [4.78, 5) is 10.0. The fourth-order valence-corrected chi connectivity index (χ4v) is 4.11. The Hall–Kier alpha value is -3.69. The Balaban J connectivity index is 1.80. The van der Waals surface area contributed by atoms with Gasteiger partial charge in [0.2, 0.25) is 5.88 Å². The van der Waals surface area contributed by atoms with Crippen LogP contribution in [-0.4, -0.2) is 23.1 Å². The molecule has 0 amide bonds. The van der Waals surface area contributed by atoms with Crippen molar-refractivity contribution in [2.24, 2.45) is 0 Å². The Morgan fingerprint density at radius 3 is 2.34 bits per heavy atom. The summed E-state index contributed by atoms with van der Waals surface area (Å²) in [7, 11) is -4.42. The fourth-order valence-electron chi connectivity index (χ4n) is 2.99. The van der Waals surface area contributed by atoms with Crippen LogP contribution in [0.25, 0.3) is 16.9 Å². The first-order valence-corrected chi connectivity index (χ1v) is 11.1. The maximum absolute atomic E-state index is 12.9. The lowest BCUT2D eigenvalue weighted by Gasteiger charge is -2.10. The molecular weight excluding hydrogens is 454 g/mol. The van der Waals surface area contributed by atoms with E-state index < -0.39 is 25.6 Å². The van der Waals surface area contributed by atoms with Gasteiger partial charge >= 0.3 is 10.1 Å². The van der Waals surface area contributed by atoms with Crippen molar-refractivity contribution in [3.8, 4) is 22.8 Å². The van der Waals surface area contributed by atoms with Gasteiger partial charge in [-0.15, -0.1) is 0 Å². The molecule has 0 radical (unpaired) electrons. The van der Waals surface area contributed by atoms with E-state index in [-0.39, 0.29) is 10.9 Å². The number of nitro benzene ring substituents is 1. The summed E-state index contributed by atoms with van der Waals surface area (Å²) in [5, 5.41) is 15.5. The summed E-state index contributed by atoms with van der Waals surface area (Å²) in [6, 6.07) is 21.1. The van der Waals surface area contributed by atoms with E-state index in [4.69, 9.17) is 15.8 Å². The first kappa shape index (κ1) is 21.5. The van der Waals surface area contributed by atoms with Crippen molar-refractivity contribution < 1.29 is 17.5 Å². The standard InChI is InChI=1S/C22H16ClN3O5S/c1-15-7-9-17(10-8-15)25-22(14-20(24-25)16-5-3-2-4-6-16)31-32(29,30)18-11-12-19(23)21(13-18)26(27)28/h2-14H,1H3. The van der Waals surface area contributed by atoms with E-state index in [0.29, 0.717) is 11.4 Å². The van der Waals surface area contributed by atoms with Crippen LogP contribution in [0, 0.1) is 17.0 Å². The first-order valence-electron chi connectivity index (χ1n) is 9.35. The second-order valence-electron chi connectivity index (χ2n) is 6.89. The minimum atomic E-state index is -4.42. The van der Waals surface area contributed by atoms with Crippen molar-refractivity contribution in [3.05, 3.63) is 99.6 Å². The lowest BCUT2D eigenvalue weighted by Crippen LogP contribution is -2.13. The van der Waals surface area contributed by atoms with Gasteiger partial charge < -0.3 is 4.18 Å². The van der Waals surface area contributed by atoms with Crippen molar-refractivity contribution >= 4 is 27.4 Å². The van der Waals surface area contributed by atoms with E-state index in [1.54, 1.807) is 12.1 Å². The zero-order valence-electron chi connectivity index (χ0n) is 16.7. The Bertz CT molecular complexity index is 1400. The average molecular weight is 470 g/mol. The molecule has 0 aliphatic carbocycles. The van der Waals surface area contributed by atoms with Crippen molar-refractivity contribution in [1.29, 1.82) is 0 Å². The molecule has 8 nitrogen and oxygen atoms in total. The molecule has 0 aliphatic heterocycles. The molecule has 0 spiro atoms. The lowest BCUT2D eigenvalue weighted by molar-refractivity contribution is -0.384. The topological polar surface area (TPSA) is 104 Å². The third-order valence-corrected chi connectivity index (χ3v) is 6.16. The van der Waals surface area contributed by atoms with Crippen molar-refractivity contribution in [1.82, 2.24) is 9.78 Å². The fraction of sp³-hybridized carbons (Fsp3) is 0.0455. The molecule has 0 aliphatic rings. The summed E-state index contributed by atoms with van der Waals surface area (Å²) in [6.07, 6.45) is 0. The third-order valence-electron chi connectivity index (χ3n) is 4.62. The highest BCUT2D eigenvalue weighted by Crippen LogP contribution is 2.31. The van der Waals surface area contributed by atoms with E-state index in [1.807, 2.05) is 49.4 Å². The van der Waals surface area contributed by atoms with E-state index in [0.717, 1.165) is 29.3 Å². The van der Waals surface area contributed by atoms with Gasteiger partial charge in [0.25, 0.3) is 5.69 Å². The highest BCUT2D eigenvalue weighted by molar-refractivity contribution is 7.87. The molecule has 32 heavy (non-hydrogen) atoms. The van der Waals surface area contributed by atoms with Gasteiger partial charge in [0.1, 0.15) is 9.92 Å². The Morgan fingerprint density at radius 2 is 1.69 bits per heavy atom. The van der Waals surface area contributed by atoms with Gasteiger partial charge in [-0.3, -0.25) is 10.1 Å². The minimum absolute atomic E-state index is 0.0645. The molecule has 4 aromatic rings. The summed E-state index contributed by atoms with van der Waals surface area (Å²) in [5.74, 6) is -0.0645. The lowest BCUT2D eigenvalue weighted by atomic mass is 10.2. The quantitative estimate of drug-likeness (QED) is 0.219. The number of benzene rings is 3. The van der Waals surface area contributed by atoms with Crippen LogP contribution in [0.5, 0.6) is 5.88 Å². The van der Waals surface area contributed by atoms with Gasteiger partial charge in [0.15, 0.2) is 0 Å². The molecule has 162 valence electrons. The predicted octanol–water partition coefficient (Wildman–Crippen LogP) is 5.18. The highest BCUT2D eigenvalue weighted by Gasteiger charge is 2.25. The molecule has 10 heteroatoms. The van der Waals surface area contributed by atoms with Crippen LogP contribution < -0.4 is 4.18 Å². The number of nitro groups is 1. The monoisotopic (exact) mass is 469 g/mol. The van der Waals surface area contributed by atoms with Gasteiger partial charge in [0.05, 0.1) is 16.3 Å². The molecule has 0 unspecified atom stereocenters. The average Bonchev–Trinajstić information content (AvgIpc) is 3.18. The van der Waals surface area contributed by atoms with Crippen molar-refractivity contribution in [2.45, 2.75) is 11.8 Å². The summed E-state index contributed by atoms with van der Waals surface area (Å²) < 4.78 is 32.6. The van der Waals surface area contributed by atoms with Crippen molar-refractivity contribution in [3.63, 3.8) is 0 Å². The van der Waals surface area contributed by atoms with Gasteiger partial charge in [-0.1, -0.05) is 59.6 Å². The molecule has 0 atom stereocenters. The number of hydrogen-bond acceptors (Lipinski definition) is 6. The van der Waals surface area contributed by atoms with Gasteiger partial charge in [-0.05, 0) is 31.2 Å². The van der Waals surface area contributed by atoms with Crippen molar-refractivity contribution in [2.75, 3.05) is 0 Å². The molecule has 1 aromatic heterocycles. The summed E-state index contributed by atoms with van der Waals surface area (Å²) in [5.41, 5.74) is 2.34. The zero-order chi connectivity index (χ0) is 22.9. The number of halogens is 1. The molecule has 4 rings (SSSR count). The number of aromatic nitrogens is 2. The summed E-state index contributed by atoms with van der Waals surface area (Å²) in [6.45, 7) is 1.93. The molecule has 0 saturated carbocycles. The normalized spacial score (nSPS) is 11.3. The van der Waals surface area contributed by atoms with Crippen LogP contribution >= 0.6 is 11.6 Å². The SMILES string of the molecule is Cc1ccc(-n2nc(-c3ccccc3)cc2OS(=O)(=O)c2ccc(Cl)c([N+](=O)[O-])c2)cc1. The largest absolute Gasteiger partial charge is 0.358 e. The van der Waals surface area contributed by atoms with Gasteiger partial charge in [0, 0.05) is 17.7 Å². The Labute approximate surface area is 188 Å². The van der Waals surface area contributed by atoms with E-state index in [9.17, 15) is 18.5 Å². The zero-order valence-corrected chi connectivity index (χ0v) is 18.2. The third kappa shape index (κ3) is 4.34. The van der Waals surface area contributed by atoms with Crippen LogP contribution in [0.3, 0.4) is 0 Å². The number of nitrogens with zero attached hydrogens (tertiary/aromatic N) is 3. The second-order valence-corrected chi connectivity index (χ2v) is 8.84. The van der Waals surface area contributed by atoms with E-state index >= 15 is 0 Å². The summed E-state index contributed by atoms with van der Waals surface area (Å²) >= 11 is 5.80. The van der Waals surface area contributed by atoms with Crippen LogP contribution in [0.15, 0.2) is 83.8 Å². The molecule has 1 heterocycles. The van der Waals surface area contributed by atoms with Gasteiger partial charge in [-0.25, -0.2) is 0 Å². The van der Waals surface area contributed by atoms with Crippen LogP contribution in [0.4, 0.5) is 5.69 Å². The number of aryl methyl sites for hydroxylation is 1. The number of rotatable bonds is 6. The minimum Gasteiger partial charge on any atom is -0.358 e. The van der Waals surface area contributed by atoms with Crippen LogP contribution in [0.1, 0.15) is 5.56 Å². The molecule has 0 bridgehead atoms. The maximum Gasteiger partial charge on any atom is 0.340 e. The van der Waals surface area contributed by atoms with Crippen LogP contribution in [-0.2, 0) is 10.1 Å². The van der Waals surface area contributed by atoms with E-state index in [1.165, 1.54) is 10.7 Å². The first-order chi connectivity index (χ1) is 15.2. The Kier molecular flexibility index (Phi) is 5.68. The van der Waals surface area contributed by atoms with Gasteiger partial charge in [-0.2, -0.15) is 18.2 Å². The maximum atomic E-state index is 12.9. The van der Waals surface area contributed by atoms with E-state index in [2.05, 4.69) is 5.10 Å². The Morgan fingerprint density at radius 1 is 1.00 bits per heavy atom. The second kappa shape index (κ2) is 8.45. The molecule has 0 N–H and O–H groups in total. The predicted molar refractivity (Wildman–Crippen MR) is 120 cm³/mol. The number of hydrogen-bond donors (Lipinski definition) is 0. The molecule has 0 saturated heterocycles. The van der Waals surface area contributed by atoms with Crippen LogP contribution in [0.2, 0.25) is 5.02 Å². The smallest absolute Gasteiger partial charge is 0.340 e.